The highest BCUT2D eigenvalue weighted by atomic mass is 16.5. The van der Waals surface area contributed by atoms with E-state index in [2.05, 4.69) is 32.6 Å². The summed E-state index contributed by atoms with van der Waals surface area (Å²) in [5, 5.41) is 11.2. The van der Waals surface area contributed by atoms with Gasteiger partial charge in [-0.25, -0.2) is 0 Å². The van der Waals surface area contributed by atoms with Crippen molar-refractivity contribution < 1.29 is 9.53 Å². The smallest absolute Gasteiger partial charge is 0.225 e. The van der Waals surface area contributed by atoms with Gasteiger partial charge in [0.05, 0.1) is 12.8 Å². The third-order valence-electron chi connectivity index (χ3n) is 4.77. The number of fused-ring (bicyclic) bond motifs is 1. The van der Waals surface area contributed by atoms with Crippen molar-refractivity contribution in [2.24, 2.45) is 0 Å². The molecule has 0 spiro atoms. The number of aromatic amines is 2. The van der Waals surface area contributed by atoms with E-state index in [9.17, 15) is 4.79 Å². The van der Waals surface area contributed by atoms with Gasteiger partial charge in [0.15, 0.2) is 5.82 Å². The molecule has 0 atom stereocenters. The maximum atomic E-state index is 12.3. The number of methoxy groups -OCH3 is 1. The second-order valence-electron chi connectivity index (χ2n) is 6.63. The number of aromatic nitrogens is 3. The number of H-pyrrole nitrogens is 2. The number of amides is 1. The minimum Gasteiger partial charge on any atom is -0.496 e. The highest BCUT2D eigenvalue weighted by Gasteiger charge is 2.11. The Kier molecular flexibility index (Phi) is 5.10. The van der Waals surface area contributed by atoms with Gasteiger partial charge in [-0.1, -0.05) is 30.3 Å². The van der Waals surface area contributed by atoms with Crippen molar-refractivity contribution >= 4 is 22.6 Å². The quantitative estimate of drug-likeness (QED) is 0.444. The number of aryl methyl sites for hydroxylation is 1. The fourth-order valence-electron chi connectivity index (χ4n) is 3.37. The molecule has 3 N–H and O–H groups in total. The van der Waals surface area contributed by atoms with E-state index in [0.717, 1.165) is 35.4 Å². The number of nitrogens with one attached hydrogen (secondary N) is 3. The Hall–Kier alpha value is -3.54. The predicted octanol–water partition coefficient (Wildman–Crippen LogP) is 4.53. The van der Waals surface area contributed by atoms with Gasteiger partial charge in [-0.2, -0.15) is 5.10 Å². The molecule has 0 saturated carbocycles. The molecule has 0 bridgehead atoms. The number of hydrogen-bond donors (Lipinski definition) is 3. The van der Waals surface area contributed by atoms with Gasteiger partial charge < -0.3 is 15.0 Å². The van der Waals surface area contributed by atoms with Gasteiger partial charge in [0, 0.05) is 35.2 Å². The molecule has 0 aliphatic heterocycles. The maximum absolute atomic E-state index is 12.3. The fourth-order valence-corrected chi connectivity index (χ4v) is 3.37. The van der Waals surface area contributed by atoms with Crippen LogP contribution in [0.25, 0.3) is 22.2 Å². The molecule has 0 aliphatic rings. The average Bonchev–Trinajstić information content (AvgIpc) is 3.35. The summed E-state index contributed by atoms with van der Waals surface area (Å²) in [7, 11) is 1.63. The zero-order chi connectivity index (χ0) is 19.3. The molecule has 0 saturated heterocycles. The summed E-state index contributed by atoms with van der Waals surface area (Å²) in [4.78, 5) is 15.5. The first kappa shape index (κ1) is 17.9. The van der Waals surface area contributed by atoms with Crippen molar-refractivity contribution in [1.82, 2.24) is 15.2 Å². The van der Waals surface area contributed by atoms with Crippen LogP contribution in [0.15, 0.2) is 60.8 Å². The summed E-state index contributed by atoms with van der Waals surface area (Å²) < 4.78 is 5.37. The Morgan fingerprint density at radius 2 is 1.96 bits per heavy atom. The molecule has 6 nitrogen and oxygen atoms in total. The van der Waals surface area contributed by atoms with E-state index < -0.39 is 0 Å². The van der Waals surface area contributed by atoms with Crippen LogP contribution in [-0.2, 0) is 11.2 Å². The van der Waals surface area contributed by atoms with Crippen LogP contribution in [0.3, 0.4) is 0 Å². The van der Waals surface area contributed by atoms with E-state index in [4.69, 9.17) is 4.74 Å². The largest absolute Gasteiger partial charge is 0.496 e. The fraction of sp³-hybridized carbons (Fsp3) is 0.182. The molecule has 4 rings (SSSR count). The highest BCUT2D eigenvalue weighted by molar-refractivity contribution is 5.90. The van der Waals surface area contributed by atoms with Crippen LogP contribution in [0.4, 0.5) is 5.82 Å². The number of nitrogens with zero attached hydrogens (tertiary/aromatic N) is 1. The molecule has 6 heteroatoms. The minimum atomic E-state index is -0.0436. The van der Waals surface area contributed by atoms with Crippen LogP contribution in [0.2, 0.25) is 0 Å². The number of rotatable bonds is 7. The topological polar surface area (TPSA) is 82.8 Å². The number of para-hydroxylation sites is 2. The summed E-state index contributed by atoms with van der Waals surface area (Å²) in [6.07, 6.45) is 4.09. The first-order valence-electron chi connectivity index (χ1n) is 9.28. The number of carbonyl (C=O) groups is 1. The maximum Gasteiger partial charge on any atom is 0.225 e. The standard InChI is InChI=1S/C22H22N4O2/c1-28-20-11-5-3-9-17(20)19-13-21(26-25-19)24-22(27)12-6-7-15-14-23-18-10-4-2-8-16(15)18/h2-5,8-11,13-14,23H,6-7,12H2,1H3,(H2,24,25,26,27). The van der Waals surface area contributed by atoms with E-state index in [1.807, 2.05) is 48.7 Å². The Bertz CT molecular complexity index is 1100. The highest BCUT2D eigenvalue weighted by Crippen LogP contribution is 2.29. The van der Waals surface area contributed by atoms with E-state index in [0.29, 0.717) is 12.2 Å². The lowest BCUT2D eigenvalue weighted by Gasteiger charge is -2.05. The molecule has 2 aromatic heterocycles. The molecular weight excluding hydrogens is 352 g/mol. The molecule has 0 fully saturated rings. The number of hydrogen-bond acceptors (Lipinski definition) is 3. The molecule has 0 radical (unpaired) electrons. The van der Waals surface area contributed by atoms with E-state index >= 15 is 0 Å². The van der Waals surface area contributed by atoms with Crippen molar-refractivity contribution in [3.63, 3.8) is 0 Å². The molecule has 2 aromatic carbocycles. The molecule has 142 valence electrons. The minimum absolute atomic E-state index is 0.0436. The van der Waals surface area contributed by atoms with Gasteiger partial charge in [0.2, 0.25) is 5.91 Å². The Balaban J connectivity index is 1.34. The molecule has 0 aliphatic carbocycles. The van der Waals surface area contributed by atoms with E-state index in [-0.39, 0.29) is 5.91 Å². The van der Waals surface area contributed by atoms with Crippen LogP contribution in [0.5, 0.6) is 5.75 Å². The number of benzene rings is 2. The molecular formula is C22H22N4O2. The monoisotopic (exact) mass is 374 g/mol. The summed E-state index contributed by atoms with van der Waals surface area (Å²) >= 11 is 0. The van der Waals surface area contributed by atoms with Crippen molar-refractivity contribution in [1.29, 1.82) is 0 Å². The van der Waals surface area contributed by atoms with Crippen molar-refractivity contribution in [2.45, 2.75) is 19.3 Å². The van der Waals surface area contributed by atoms with Crippen molar-refractivity contribution in [3.05, 3.63) is 66.4 Å². The van der Waals surface area contributed by atoms with Gasteiger partial charge in [0.1, 0.15) is 5.75 Å². The first-order valence-corrected chi connectivity index (χ1v) is 9.28. The number of ether oxygens (including phenoxy) is 1. The first-order chi connectivity index (χ1) is 13.7. The van der Waals surface area contributed by atoms with Gasteiger partial charge in [-0.15, -0.1) is 0 Å². The predicted molar refractivity (Wildman–Crippen MR) is 110 cm³/mol. The zero-order valence-electron chi connectivity index (χ0n) is 15.7. The van der Waals surface area contributed by atoms with Crippen LogP contribution in [0, 0.1) is 0 Å². The third kappa shape index (κ3) is 3.76. The Morgan fingerprint density at radius 3 is 2.86 bits per heavy atom. The van der Waals surface area contributed by atoms with Crippen LogP contribution in [-0.4, -0.2) is 28.2 Å². The second-order valence-corrected chi connectivity index (χ2v) is 6.63. The Labute approximate surface area is 162 Å². The summed E-state index contributed by atoms with van der Waals surface area (Å²) in [5.74, 6) is 1.22. The normalized spacial score (nSPS) is 10.9. The average molecular weight is 374 g/mol. The molecule has 0 unspecified atom stereocenters. The van der Waals surface area contributed by atoms with Crippen LogP contribution < -0.4 is 10.1 Å². The van der Waals surface area contributed by atoms with Gasteiger partial charge >= 0.3 is 0 Å². The SMILES string of the molecule is COc1ccccc1-c1cc(NC(=O)CCCc2c[nH]c3ccccc23)n[nH]1. The third-order valence-corrected chi connectivity index (χ3v) is 4.77. The van der Waals surface area contributed by atoms with Gasteiger partial charge in [0.25, 0.3) is 0 Å². The van der Waals surface area contributed by atoms with Crippen molar-refractivity contribution in [3.8, 4) is 17.0 Å². The van der Waals surface area contributed by atoms with E-state index in [1.165, 1.54) is 10.9 Å². The number of carbonyl (C=O) groups excluding carboxylic acids is 1. The summed E-state index contributed by atoms with van der Waals surface area (Å²) in [5.41, 5.74) is 4.06. The van der Waals surface area contributed by atoms with Crippen LogP contribution in [0.1, 0.15) is 18.4 Å². The van der Waals surface area contributed by atoms with E-state index in [1.54, 1.807) is 7.11 Å². The second kappa shape index (κ2) is 8.00. The Morgan fingerprint density at radius 1 is 1.14 bits per heavy atom. The lowest BCUT2D eigenvalue weighted by molar-refractivity contribution is -0.116. The summed E-state index contributed by atoms with van der Waals surface area (Å²) in [6, 6.07) is 17.7. The molecule has 2 heterocycles. The van der Waals surface area contributed by atoms with Crippen LogP contribution >= 0.6 is 0 Å². The molecule has 1 amide bonds. The molecule has 28 heavy (non-hydrogen) atoms. The van der Waals surface area contributed by atoms with Gasteiger partial charge in [-0.3, -0.25) is 9.89 Å². The van der Waals surface area contributed by atoms with Crippen molar-refractivity contribution in [2.75, 3.05) is 12.4 Å². The lowest BCUT2D eigenvalue weighted by atomic mass is 10.1. The van der Waals surface area contributed by atoms with Gasteiger partial charge in [-0.05, 0) is 36.6 Å². The molecule has 4 aromatic rings. The number of anilines is 1. The summed E-state index contributed by atoms with van der Waals surface area (Å²) in [6.45, 7) is 0. The lowest BCUT2D eigenvalue weighted by Crippen LogP contribution is -2.11. The zero-order valence-corrected chi connectivity index (χ0v) is 15.7.